The molecule has 30 heavy (non-hydrogen) atoms. The quantitative estimate of drug-likeness (QED) is 0.441. The first-order valence-corrected chi connectivity index (χ1v) is 10.2. The van der Waals surface area contributed by atoms with Crippen LogP contribution in [0.3, 0.4) is 0 Å². The van der Waals surface area contributed by atoms with Crippen molar-refractivity contribution in [1.29, 1.82) is 0 Å². The first-order chi connectivity index (χ1) is 14.5. The van der Waals surface area contributed by atoms with Gasteiger partial charge in [-0.15, -0.1) is 0 Å². The Bertz CT molecular complexity index is 1280. The number of thiazole rings is 1. The summed E-state index contributed by atoms with van der Waals surface area (Å²) in [4.78, 5) is 34.1. The van der Waals surface area contributed by atoms with Gasteiger partial charge in [0.1, 0.15) is 16.9 Å². The number of fused-ring (bicyclic) bond motifs is 2. The predicted octanol–water partition coefficient (Wildman–Crippen LogP) is 3.62. The van der Waals surface area contributed by atoms with Gasteiger partial charge in [-0.25, -0.2) is 9.78 Å². The average Bonchev–Trinajstić information content (AvgIpc) is 3.15. The zero-order valence-electron chi connectivity index (χ0n) is 16.9. The zero-order chi connectivity index (χ0) is 21.3. The van der Waals surface area contributed by atoms with Crippen LogP contribution in [0.5, 0.6) is 5.75 Å². The second-order valence-electron chi connectivity index (χ2n) is 7.08. The fourth-order valence-corrected chi connectivity index (χ4v) is 4.09. The third-order valence-electron chi connectivity index (χ3n) is 4.70. The lowest BCUT2D eigenvalue weighted by molar-refractivity contribution is 0.0982. The van der Waals surface area contributed by atoms with E-state index in [1.54, 1.807) is 25.3 Å². The molecular formula is C22H21N3O4S. The van der Waals surface area contributed by atoms with Gasteiger partial charge in [0.2, 0.25) is 0 Å². The number of carbonyl (C=O) groups excluding carboxylic acids is 1. The second kappa shape index (κ2) is 8.25. The lowest BCUT2D eigenvalue weighted by Crippen LogP contribution is -2.38. The summed E-state index contributed by atoms with van der Waals surface area (Å²) in [6.07, 6.45) is 0. The van der Waals surface area contributed by atoms with Crippen LogP contribution < -0.4 is 15.3 Å². The maximum atomic E-state index is 13.4. The Labute approximate surface area is 177 Å². The van der Waals surface area contributed by atoms with Crippen molar-refractivity contribution in [2.45, 2.75) is 0 Å². The van der Waals surface area contributed by atoms with E-state index < -0.39 is 11.5 Å². The van der Waals surface area contributed by atoms with Crippen LogP contribution in [-0.4, -0.2) is 50.1 Å². The molecule has 0 aliphatic rings. The van der Waals surface area contributed by atoms with E-state index in [4.69, 9.17) is 9.15 Å². The maximum Gasteiger partial charge on any atom is 0.349 e. The van der Waals surface area contributed by atoms with Crippen molar-refractivity contribution in [3.8, 4) is 5.75 Å². The Morgan fingerprint density at radius 3 is 2.70 bits per heavy atom. The van der Waals surface area contributed by atoms with E-state index in [1.165, 1.54) is 16.2 Å². The molecule has 0 unspecified atom stereocenters. The minimum Gasteiger partial charge on any atom is -0.497 e. The minimum absolute atomic E-state index is 0.00991. The van der Waals surface area contributed by atoms with Crippen LogP contribution in [0.4, 0.5) is 5.13 Å². The molecule has 2 heterocycles. The van der Waals surface area contributed by atoms with Gasteiger partial charge in [-0.1, -0.05) is 29.5 Å². The number of hydrogen-bond acceptors (Lipinski definition) is 7. The van der Waals surface area contributed by atoms with Crippen LogP contribution in [-0.2, 0) is 0 Å². The van der Waals surface area contributed by atoms with E-state index in [9.17, 15) is 9.59 Å². The predicted molar refractivity (Wildman–Crippen MR) is 119 cm³/mol. The number of likely N-dealkylation sites (N-methyl/N-ethyl adjacent to an activating group) is 1. The van der Waals surface area contributed by atoms with Crippen LogP contribution in [0, 0.1) is 0 Å². The zero-order valence-corrected chi connectivity index (χ0v) is 17.7. The Morgan fingerprint density at radius 2 is 1.93 bits per heavy atom. The largest absolute Gasteiger partial charge is 0.497 e. The average molecular weight is 423 g/mol. The molecule has 0 spiro atoms. The van der Waals surface area contributed by atoms with Gasteiger partial charge in [0.25, 0.3) is 5.91 Å². The van der Waals surface area contributed by atoms with E-state index in [0.717, 1.165) is 16.0 Å². The minimum atomic E-state index is -0.656. The van der Waals surface area contributed by atoms with Crippen molar-refractivity contribution in [2.24, 2.45) is 0 Å². The highest BCUT2D eigenvalue weighted by Crippen LogP contribution is 2.32. The molecular weight excluding hydrogens is 402 g/mol. The van der Waals surface area contributed by atoms with Crippen molar-refractivity contribution < 1.29 is 13.9 Å². The van der Waals surface area contributed by atoms with Crippen molar-refractivity contribution in [1.82, 2.24) is 9.88 Å². The number of nitrogens with zero attached hydrogens (tertiary/aromatic N) is 3. The van der Waals surface area contributed by atoms with Gasteiger partial charge < -0.3 is 14.1 Å². The number of hydrogen-bond donors (Lipinski definition) is 0. The molecule has 7 nitrogen and oxygen atoms in total. The van der Waals surface area contributed by atoms with E-state index in [1.807, 2.05) is 49.3 Å². The lowest BCUT2D eigenvalue weighted by Gasteiger charge is -2.21. The lowest BCUT2D eigenvalue weighted by atomic mass is 10.1. The van der Waals surface area contributed by atoms with Crippen LogP contribution in [0.15, 0.2) is 57.7 Å². The summed E-state index contributed by atoms with van der Waals surface area (Å²) in [6, 6.07) is 14.3. The number of carbonyl (C=O) groups is 1. The smallest absolute Gasteiger partial charge is 0.349 e. The molecule has 0 N–H and O–H groups in total. The van der Waals surface area contributed by atoms with Crippen molar-refractivity contribution in [3.05, 3.63) is 64.5 Å². The third kappa shape index (κ3) is 3.92. The van der Waals surface area contributed by atoms with Crippen LogP contribution in [0.1, 0.15) is 10.4 Å². The first kappa shape index (κ1) is 20.1. The summed E-state index contributed by atoms with van der Waals surface area (Å²) in [5.41, 5.74) is 0.551. The van der Waals surface area contributed by atoms with Gasteiger partial charge in [0.05, 0.1) is 17.3 Å². The van der Waals surface area contributed by atoms with Gasteiger partial charge in [-0.3, -0.25) is 9.69 Å². The summed E-state index contributed by atoms with van der Waals surface area (Å²) in [6.45, 7) is 0.999. The highest BCUT2D eigenvalue weighted by molar-refractivity contribution is 7.22. The highest BCUT2D eigenvalue weighted by atomic mass is 32.1. The molecule has 0 radical (unpaired) electrons. The number of para-hydroxylation sites is 1. The van der Waals surface area contributed by atoms with Gasteiger partial charge in [-0.2, -0.15) is 0 Å². The van der Waals surface area contributed by atoms with E-state index in [2.05, 4.69) is 4.98 Å². The van der Waals surface area contributed by atoms with Crippen molar-refractivity contribution in [3.63, 3.8) is 0 Å². The molecule has 4 aromatic rings. The monoisotopic (exact) mass is 423 g/mol. The molecule has 154 valence electrons. The summed E-state index contributed by atoms with van der Waals surface area (Å²) in [7, 11) is 5.46. The van der Waals surface area contributed by atoms with Crippen molar-refractivity contribution in [2.75, 3.05) is 39.2 Å². The standard InChI is InChI=1S/C22H21N3O4S/c1-24(2)10-11-25(22-23-17-9-8-15(28-3)13-19(17)30-22)20(26)16-12-14-6-4-5-7-18(14)29-21(16)27/h4-9,12-13H,10-11H2,1-3H3. The van der Waals surface area contributed by atoms with Gasteiger partial charge in [0.15, 0.2) is 5.13 Å². The molecule has 0 atom stereocenters. The number of amides is 1. The van der Waals surface area contributed by atoms with Crippen molar-refractivity contribution >= 4 is 43.6 Å². The molecule has 0 fully saturated rings. The summed E-state index contributed by atoms with van der Waals surface area (Å²) in [5.74, 6) is 0.293. The normalized spacial score (nSPS) is 11.3. The maximum absolute atomic E-state index is 13.4. The molecule has 0 saturated carbocycles. The van der Waals surface area contributed by atoms with Gasteiger partial charge >= 0.3 is 5.63 Å². The summed E-state index contributed by atoms with van der Waals surface area (Å²) >= 11 is 1.38. The highest BCUT2D eigenvalue weighted by Gasteiger charge is 2.25. The molecule has 1 amide bonds. The molecule has 4 rings (SSSR count). The number of ether oxygens (including phenoxy) is 1. The van der Waals surface area contributed by atoms with Crippen LogP contribution in [0.2, 0.25) is 0 Å². The summed E-state index contributed by atoms with van der Waals surface area (Å²) < 4.78 is 11.6. The Morgan fingerprint density at radius 1 is 1.13 bits per heavy atom. The molecule has 0 aliphatic heterocycles. The Hall–Kier alpha value is -3.23. The fraction of sp³-hybridized carbons (Fsp3) is 0.227. The topological polar surface area (TPSA) is 75.9 Å². The Kier molecular flexibility index (Phi) is 5.52. The first-order valence-electron chi connectivity index (χ1n) is 9.40. The van der Waals surface area contributed by atoms with Crippen LogP contribution in [0.25, 0.3) is 21.2 Å². The van der Waals surface area contributed by atoms with Crippen LogP contribution >= 0.6 is 11.3 Å². The van der Waals surface area contributed by atoms with E-state index in [0.29, 0.717) is 29.2 Å². The molecule has 2 aromatic heterocycles. The molecule has 0 aliphatic carbocycles. The third-order valence-corrected chi connectivity index (χ3v) is 5.74. The number of aromatic nitrogens is 1. The molecule has 0 bridgehead atoms. The SMILES string of the molecule is COc1ccc2nc(N(CCN(C)C)C(=O)c3cc4ccccc4oc3=O)sc2c1. The van der Waals surface area contributed by atoms with Gasteiger partial charge in [-0.05, 0) is 44.4 Å². The number of rotatable bonds is 6. The Balaban J connectivity index is 1.78. The molecule has 0 saturated heterocycles. The van der Waals surface area contributed by atoms with E-state index in [-0.39, 0.29) is 5.56 Å². The fourth-order valence-electron chi connectivity index (χ4n) is 3.08. The summed E-state index contributed by atoms with van der Waals surface area (Å²) in [5, 5.41) is 1.22. The number of benzene rings is 2. The molecule has 8 heteroatoms. The number of methoxy groups -OCH3 is 1. The second-order valence-corrected chi connectivity index (χ2v) is 8.08. The number of anilines is 1. The molecule has 2 aromatic carbocycles. The van der Waals surface area contributed by atoms with Gasteiger partial charge in [0, 0.05) is 18.5 Å². The van der Waals surface area contributed by atoms with E-state index >= 15 is 0 Å².